The van der Waals surface area contributed by atoms with Gasteiger partial charge in [0.1, 0.15) is 5.82 Å². The molecule has 0 spiro atoms. The number of benzene rings is 2. The van der Waals surface area contributed by atoms with Gasteiger partial charge in [-0.3, -0.25) is 4.79 Å². The number of carbonyl (C=O) groups is 1. The molecule has 0 atom stereocenters. The van der Waals surface area contributed by atoms with Crippen molar-refractivity contribution in [2.45, 2.75) is 27.7 Å². The van der Waals surface area contributed by atoms with Gasteiger partial charge in [0.15, 0.2) is 11.5 Å². The van der Waals surface area contributed by atoms with Crippen molar-refractivity contribution in [2.75, 3.05) is 45.0 Å². The molecule has 0 saturated heterocycles. The molecular weight excluding hydrogens is 406 g/mol. The number of methoxy groups -OCH3 is 2. The molecule has 0 aliphatic heterocycles. The van der Waals surface area contributed by atoms with Gasteiger partial charge in [0, 0.05) is 37.2 Å². The van der Waals surface area contributed by atoms with Crippen LogP contribution in [0.4, 0.5) is 11.8 Å². The van der Waals surface area contributed by atoms with Crippen LogP contribution in [0.25, 0.3) is 10.9 Å². The van der Waals surface area contributed by atoms with Crippen LogP contribution < -0.4 is 25.4 Å². The van der Waals surface area contributed by atoms with E-state index in [2.05, 4.69) is 22.2 Å². The maximum atomic E-state index is 12.8. The van der Waals surface area contributed by atoms with E-state index in [1.807, 2.05) is 38.8 Å². The third kappa shape index (κ3) is 4.39. The van der Waals surface area contributed by atoms with E-state index in [9.17, 15) is 4.79 Å². The molecular formula is C24H31N5O3. The molecule has 32 heavy (non-hydrogen) atoms. The van der Waals surface area contributed by atoms with Gasteiger partial charge in [-0.05, 0) is 62.1 Å². The molecule has 3 N–H and O–H groups in total. The SMILES string of the molecule is COc1cc2nc(N(C)CCNC(=O)c3cc(C)c(C)c(C)c3C)nc(N)c2cc1OC. The highest BCUT2D eigenvalue weighted by molar-refractivity contribution is 5.96. The van der Waals surface area contributed by atoms with Crippen molar-refractivity contribution in [3.63, 3.8) is 0 Å². The number of hydrogen-bond acceptors (Lipinski definition) is 7. The average Bonchev–Trinajstić information content (AvgIpc) is 2.78. The summed E-state index contributed by atoms with van der Waals surface area (Å²) in [6.45, 7) is 9.10. The van der Waals surface area contributed by atoms with Crippen LogP contribution in [0.5, 0.6) is 11.5 Å². The smallest absolute Gasteiger partial charge is 0.251 e. The fourth-order valence-corrected chi connectivity index (χ4v) is 3.62. The minimum absolute atomic E-state index is 0.0853. The second kappa shape index (κ2) is 9.30. The Kier molecular flexibility index (Phi) is 6.72. The molecule has 0 radical (unpaired) electrons. The Balaban J connectivity index is 1.74. The van der Waals surface area contributed by atoms with E-state index in [-0.39, 0.29) is 5.91 Å². The highest BCUT2D eigenvalue weighted by Gasteiger charge is 2.16. The highest BCUT2D eigenvalue weighted by Crippen LogP contribution is 2.34. The van der Waals surface area contributed by atoms with E-state index in [1.165, 1.54) is 5.56 Å². The number of anilines is 2. The number of aromatic nitrogens is 2. The van der Waals surface area contributed by atoms with E-state index >= 15 is 0 Å². The molecule has 0 unspecified atom stereocenters. The normalized spacial score (nSPS) is 10.8. The number of fused-ring (bicyclic) bond motifs is 1. The van der Waals surface area contributed by atoms with Crippen molar-refractivity contribution in [1.29, 1.82) is 0 Å². The molecule has 0 aliphatic rings. The lowest BCUT2D eigenvalue weighted by molar-refractivity contribution is 0.0954. The third-order valence-electron chi connectivity index (χ3n) is 6.02. The second-order valence-corrected chi connectivity index (χ2v) is 7.93. The molecule has 3 aromatic rings. The predicted octanol–water partition coefficient (Wildman–Crippen LogP) is 3.33. The molecule has 8 nitrogen and oxygen atoms in total. The standard InChI is InChI=1S/C24H31N5O3/c1-13-10-17(16(4)15(3)14(13)2)23(30)26-8-9-29(5)24-27-19-12-21(32-7)20(31-6)11-18(19)22(25)28-24/h10-12H,8-9H2,1-7H3,(H,26,30)(H2,25,27,28). The Hall–Kier alpha value is -3.55. The summed E-state index contributed by atoms with van der Waals surface area (Å²) in [4.78, 5) is 23.6. The van der Waals surface area contributed by atoms with E-state index in [1.54, 1.807) is 26.4 Å². The van der Waals surface area contributed by atoms with Gasteiger partial charge in [-0.15, -0.1) is 0 Å². The van der Waals surface area contributed by atoms with E-state index in [0.29, 0.717) is 52.8 Å². The van der Waals surface area contributed by atoms with Crippen molar-refractivity contribution in [3.05, 3.63) is 46.0 Å². The maximum Gasteiger partial charge on any atom is 0.251 e. The number of likely N-dealkylation sites (N-methyl/N-ethyl adjacent to an activating group) is 1. The fraction of sp³-hybridized carbons (Fsp3) is 0.375. The summed E-state index contributed by atoms with van der Waals surface area (Å²) < 4.78 is 10.7. The van der Waals surface area contributed by atoms with Gasteiger partial charge < -0.3 is 25.4 Å². The van der Waals surface area contributed by atoms with Gasteiger partial charge in [-0.2, -0.15) is 4.98 Å². The van der Waals surface area contributed by atoms with Crippen molar-refractivity contribution in [3.8, 4) is 11.5 Å². The first-order valence-electron chi connectivity index (χ1n) is 10.4. The number of nitrogens with zero attached hydrogens (tertiary/aromatic N) is 3. The van der Waals surface area contributed by atoms with Crippen LogP contribution in [-0.4, -0.2) is 50.2 Å². The van der Waals surface area contributed by atoms with Crippen molar-refractivity contribution in [2.24, 2.45) is 0 Å². The summed E-state index contributed by atoms with van der Waals surface area (Å²) in [6.07, 6.45) is 0. The summed E-state index contributed by atoms with van der Waals surface area (Å²) in [5, 5.41) is 3.68. The Bertz CT molecular complexity index is 1180. The quantitative estimate of drug-likeness (QED) is 0.584. The van der Waals surface area contributed by atoms with Gasteiger partial charge in [0.2, 0.25) is 5.95 Å². The van der Waals surface area contributed by atoms with E-state index in [0.717, 1.165) is 16.7 Å². The van der Waals surface area contributed by atoms with Crippen LogP contribution in [-0.2, 0) is 0 Å². The molecule has 1 amide bonds. The molecule has 0 saturated carbocycles. The van der Waals surface area contributed by atoms with Crippen LogP contribution >= 0.6 is 0 Å². The summed E-state index contributed by atoms with van der Waals surface area (Å²) in [6, 6.07) is 5.49. The van der Waals surface area contributed by atoms with E-state index in [4.69, 9.17) is 15.2 Å². The van der Waals surface area contributed by atoms with Gasteiger partial charge in [-0.1, -0.05) is 0 Å². The second-order valence-electron chi connectivity index (χ2n) is 7.93. The first kappa shape index (κ1) is 23.1. The fourth-order valence-electron chi connectivity index (χ4n) is 3.62. The first-order chi connectivity index (χ1) is 15.2. The molecule has 8 heteroatoms. The van der Waals surface area contributed by atoms with Crippen LogP contribution in [0.1, 0.15) is 32.6 Å². The zero-order valence-corrected chi connectivity index (χ0v) is 19.8. The van der Waals surface area contributed by atoms with Crippen molar-refractivity contribution in [1.82, 2.24) is 15.3 Å². The van der Waals surface area contributed by atoms with Gasteiger partial charge >= 0.3 is 0 Å². The summed E-state index contributed by atoms with van der Waals surface area (Å²) >= 11 is 0. The lowest BCUT2D eigenvalue weighted by Crippen LogP contribution is -2.34. The molecule has 3 rings (SSSR count). The number of nitrogens with two attached hydrogens (primary N) is 1. The largest absolute Gasteiger partial charge is 0.493 e. The number of ether oxygens (including phenoxy) is 2. The number of aryl methyl sites for hydroxylation is 1. The Morgan fingerprint density at radius 2 is 1.66 bits per heavy atom. The summed E-state index contributed by atoms with van der Waals surface area (Å²) in [5.41, 5.74) is 12.0. The van der Waals surface area contributed by atoms with E-state index < -0.39 is 0 Å². The van der Waals surface area contributed by atoms with Crippen LogP contribution in [0.15, 0.2) is 18.2 Å². The average molecular weight is 438 g/mol. The molecule has 0 aliphatic carbocycles. The zero-order valence-electron chi connectivity index (χ0n) is 19.8. The number of carbonyl (C=O) groups excluding carboxylic acids is 1. The molecule has 1 aromatic heterocycles. The summed E-state index contributed by atoms with van der Waals surface area (Å²) in [5.74, 6) is 1.87. The summed E-state index contributed by atoms with van der Waals surface area (Å²) in [7, 11) is 5.00. The minimum atomic E-state index is -0.0853. The Labute approximate surface area is 188 Å². The number of hydrogen-bond donors (Lipinski definition) is 2. The number of rotatable bonds is 7. The Morgan fingerprint density at radius 1 is 1.00 bits per heavy atom. The Morgan fingerprint density at radius 3 is 2.31 bits per heavy atom. The zero-order chi connectivity index (χ0) is 23.6. The van der Waals surface area contributed by atoms with Crippen LogP contribution in [0.2, 0.25) is 0 Å². The number of nitrogen functional groups attached to an aromatic ring is 1. The van der Waals surface area contributed by atoms with Crippen molar-refractivity contribution < 1.29 is 14.3 Å². The lowest BCUT2D eigenvalue weighted by atomic mass is 9.94. The maximum absolute atomic E-state index is 12.8. The van der Waals surface area contributed by atoms with Crippen LogP contribution in [0, 0.1) is 27.7 Å². The topological polar surface area (TPSA) is 103 Å². The highest BCUT2D eigenvalue weighted by atomic mass is 16.5. The van der Waals surface area contributed by atoms with Crippen molar-refractivity contribution >= 4 is 28.6 Å². The third-order valence-corrected chi connectivity index (χ3v) is 6.02. The van der Waals surface area contributed by atoms with Gasteiger partial charge in [-0.25, -0.2) is 4.98 Å². The molecule has 1 heterocycles. The molecule has 0 fully saturated rings. The molecule has 2 aromatic carbocycles. The predicted molar refractivity (Wildman–Crippen MR) is 128 cm³/mol. The molecule has 170 valence electrons. The molecule has 0 bridgehead atoms. The van der Waals surface area contributed by atoms with Crippen LogP contribution in [0.3, 0.4) is 0 Å². The lowest BCUT2D eigenvalue weighted by Gasteiger charge is -2.19. The van der Waals surface area contributed by atoms with Gasteiger partial charge in [0.25, 0.3) is 5.91 Å². The monoisotopic (exact) mass is 437 g/mol. The minimum Gasteiger partial charge on any atom is -0.493 e. The van der Waals surface area contributed by atoms with Gasteiger partial charge in [0.05, 0.1) is 19.7 Å². The number of nitrogens with one attached hydrogen (secondary N) is 1. The number of amides is 1. The first-order valence-corrected chi connectivity index (χ1v) is 10.4.